The minimum absolute atomic E-state index is 0.0291. The fraction of sp³-hybridized carbons (Fsp3) is 0.550. The highest BCUT2D eigenvalue weighted by atomic mass is 16.2. The van der Waals surface area contributed by atoms with E-state index in [9.17, 15) is 9.59 Å². The van der Waals surface area contributed by atoms with Crippen molar-refractivity contribution < 1.29 is 9.59 Å². The quantitative estimate of drug-likeness (QED) is 0.884. The monoisotopic (exact) mass is 369 g/mol. The normalized spacial score (nSPS) is 23.8. The lowest BCUT2D eigenvalue weighted by Crippen LogP contribution is -2.47. The first-order chi connectivity index (χ1) is 13.0. The lowest BCUT2D eigenvalue weighted by molar-refractivity contribution is -0.139. The lowest BCUT2D eigenvalue weighted by Gasteiger charge is -2.35. The van der Waals surface area contributed by atoms with Crippen LogP contribution in [0.3, 0.4) is 0 Å². The summed E-state index contributed by atoms with van der Waals surface area (Å²) in [5, 5.41) is 0. The van der Waals surface area contributed by atoms with E-state index >= 15 is 0 Å². The molecule has 2 aromatic rings. The van der Waals surface area contributed by atoms with E-state index in [4.69, 9.17) is 10.7 Å². The van der Waals surface area contributed by atoms with Crippen LogP contribution in [0, 0.1) is 5.92 Å². The molecule has 7 nitrogen and oxygen atoms in total. The smallest absolute Gasteiger partial charge is 0.231 e. The van der Waals surface area contributed by atoms with Gasteiger partial charge in [0.2, 0.25) is 11.8 Å². The number of hydrogen-bond acceptors (Lipinski definition) is 4. The Morgan fingerprint density at radius 1 is 1.19 bits per heavy atom. The fourth-order valence-electron chi connectivity index (χ4n) is 4.62. The molecule has 144 valence electrons. The summed E-state index contributed by atoms with van der Waals surface area (Å²) in [5.74, 6) is 0.765. The molecule has 2 aliphatic rings. The minimum Gasteiger partial charge on any atom is -0.369 e. The number of nitrogens with zero attached hydrogens (tertiary/aromatic N) is 4. The Labute approximate surface area is 159 Å². The van der Waals surface area contributed by atoms with Crippen molar-refractivity contribution in [1.82, 2.24) is 19.4 Å². The van der Waals surface area contributed by atoms with Crippen molar-refractivity contribution in [3.05, 3.63) is 30.1 Å². The van der Waals surface area contributed by atoms with Crippen LogP contribution in [0.25, 0.3) is 11.0 Å². The third-order valence-corrected chi connectivity index (χ3v) is 5.89. The first kappa shape index (κ1) is 18.0. The maximum atomic E-state index is 13.3. The number of hydrogen-bond donors (Lipinski definition) is 1. The van der Waals surface area contributed by atoms with Crippen LogP contribution in [0.5, 0.6) is 0 Å². The molecule has 2 unspecified atom stereocenters. The number of carbonyl (C=O) groups excluding carboxylic acids is 2. The van der Waals surface area contributed by atoms with Gasteiger partial charge in [0.15, 0.2) is 0 Å². The molecule has 0 radical (unpaired) electrons. The number of benzene rings is 1. The predicted molar refractivity (Wildman–Crippen MR) is 103 cm³/mol. The van der Waals surface area contributed by atoms with Gasteiger partial charge in [-0.2, -0.15) is 0 Å². The van der Waals surface area contributed by atoms with Crippen molar-refractivity contribution >= 4 is 22.8 Å². The van der Waals surface area contributed by atoms with Crippen LogP contribution < -0.4 is 5.73 Å². The Morgan fingerprint density at radius 3 is 2.74 bits per heavy atom. The largest absolute Gasteiger partial charge is 0.369 e. The topological polar surface area (TPSA) is 84.5 Å². The van der Waals surface area contributed by atoms with Crippen molar-refractivity contribution in [2.24, 2.45) is 18.7 Å². The van der Waals surface area contributed by atoms with E-state index in [-0.39, 0.29) is 30.3 Å². The number of imidazole rings is 1. The molecule has 7 heteroatoms. The van der Waals surface area contributed by atoms with Crippen LogP contribution in [0.4, 0.5) is 0 Å². The van der Waals surface area contributed by atoms with Gasteiger partial charge in [0, 0.05) is 20.1 Å². The third-order valence-electron chi connectivity index (χ3n) is 5.89. The molecule has 27 heavy (non-hydrogen) atoms. The summed E-state index contributed by atoms with van der Waals surface area (Å²) in [7, 11) is 2.03. The molecule has 1 aromatic heterocycles. The van der Waals surface area contributed by atoms with Gasteiger partial charge in [-0.15, -0.1) is 0 Å². The van der Waals surface area contributed by atoms with Crippen LogP contribution in [0.2, 0.25) is 0 Å². The molecule has 2 atom stereocenters. The van der Waals surface area contributed by atoms with Gasteiger partial charge in [0.25, 0.3) is 0 Å². The van der Waals surface area contributed by atoms with Crippen molar-refractivity contribution in [1.29, 1.82) is 0 Å². The van der Waals surface area contributed by atoms with Gasteiger partial charge >= 0.3 is 0 Å². The summed E-state index contributed by atoms with van der Waals surface area (Å²) >= 11 is 0. The molecule has 2 N–H and O–H groups in total. The summed E-state index contributed by atoms with van der Waals surface area (Å²) in [6.45, 7) is 2.46. The Morgan fingerprint density at radius 2 is 1.96 bits per heavy atom. The molecule has 2 amide bonds. The Hall–Kier alpha value is -2.41. The number of likely N-dealkylation sites (tertiary alicyclic amines) is 2. The molecule has 2 saturated heterocycles. The maximum Gasteiger partial charge on any atom is 0.231 e. The number of aryl methyl sites for hydroxylation is 1. The van der Waals surface area contributed by atoms with E-state index < -0.39 is 0 Å². The number of aromatic nitrogens is 2. The number of nitrogens with two attached hydrogens (primary N) is 1. The number of amides is 2. The average molecular weight is 369 g/mol. The van der Waals surface area contributed by atoms with Crippen LogP contribution >= 0.6 is 0 Å². The van der Waals surface area contributed by atoms with Crippen molar-refractivity contribution in [2.45, 2.75) is 31.7 Å². The summed E-state index contributed by atoms with van der Waals surface area (Å²) in [5.41, 5.74) is 7.40. The standard InChI is InChI=1S/C20H27N5O2/c1-23-16-8-3-2-7-15(16)22-19(23)17-9-5-11-25(17)20(27)14-6-4-10-24(12-14)13-18(21)26/h2-3,7-8,14,17H,4-6,9-13H2,1H3,(H2,21,26). The second-order valence-corrected chi connectivity index (χ2v) is 7.75. The molecule has 4 rings (SSSR count). The van der Waals surface area contributed by atoms with Crippen LogP contribution in [0.1, 0.15) is 37.5 Å². The van der Waals surface area contributed by atoms with Crippen LogP contribution in [-0.2, 0) is 16.6 Å². The maximum absolute atomic E-state index is 13.3. The zero-order valence-corrected chi connectivity index (χ0v) is 15.8. The molecule has 2 aliphatic heterocycles. The van der Waals surface area contributed by atoms with Crippen molar-refractivity contribution in [3.8, 4) is 0 Å². The van der Waals surface area contributed by atoms with Gasteiger partial charge in [-0.3, -0.25) is 14.5 Å². The van der Waals surface area contributed by atoms with Gasteiger partial charge in [0.1, 0.15) is 5.82 Å². The van der Waals surface area contributed by atoms with E-state index in [2.05, 4.69) is 10.6 Å². The van der Waals surface area contributed by atoms with E-state index in [1.54, 1.807) is 0 Å². The summed E-state index contributed by atoms with van der Waals surface area (Å²) < 4.78 is 2.12. The molecule has 1 aromatic carbocycles. The Balaban J connectivity index is 1.54. The lowest BCUT2D eigenvalue weighted by atomic mass is 9.96. The molecule has 0 bridgehead atoms. The summed E-state index contributed by atoms with van der Waals surface area (Å²) in [4.78, 5) is 33.4. The molecule has 0 spiro atoms. The van der Waals surface area contributed by atoms with Crippen molar-refractivity contribution in [3.63, 3.8) is 0 Å². The Kier molecular flexibility index (Phi) is 4.86. The van der Waals surface area contributed by atoms with E-state index in [0.29, 0.717) is 6.54 Å². The van der Waals surface area contributed by atoms with Crippen LogP contribution in [0.15, 0.2) is 24.3 Å². The average Bonchev–Trinajstić information content (AvgIpc) is 3.26. The van der Waals surface area contributed by atoms with Gasteiger partial charge in [-0.1, -0.05) is 12.1 Å². The van der Waals surface area contributed by atoms with Gasteiger partial charge in [0.05, 0.1) is 29.5 Å². The molecule has 0 saturated carbocycles. The van der Waals surface area contributed by atoms with Crippen LogP contribution in [-0.4, -0.2) is 57.3 Å². The van der Waals surface area contributed by atoms with Gasteiger partial charge < -0.3 is 15.2 Å². The first-order valence-electron chi connectivity index (χ1n) is 9.77. The van der Waals surface area contributed by atoms with E-state index in [1.807, 2.05) is 35.0 Å². The number of para-hydroxylation sites is 2. The fourth-order valence-corrected chi connectivity index (χ4v) is 4.62. The molecule has 3 heterocycles. The third kappa shape index (κ3) is 3.43. The number of piperidine rings is 1. The second-order valence-electron chi connectivity index (χ2n) is 7.75. The minimum atomic E-state index is -0.332. The first-order valence-corrected chi connectivity index (χ1v) is 9.77. The number of rotatable bonds is 4. The highest BCUT2D eigenvalue weighted by Gasteiger charge is 2.37. The van der Waals surface area contributed by atoms with E-state index in [1.165, 1.54) is 0 Å². The number of fused-ring (bicyclic) bond motifs is 1. The molecular weight excluding hydrogens is 342 g/mol. The summed E-state index contributed by atoms with van der Waals surface area (Å²) in [6, 6.07) is 8.12. The number of carbonyl (C=O) groups is 2. The molecule has 0 aliphatic carbocycles. The van der Waals surface area contributed by atoms with Gasteiger partial charge in [-0.05, 0) is 44.4 Å². The predicted octanol–water partition coefficient (Wildman–Crippen LogP) is 1.43. The second kappa shape index (κ2) is 7.31. The highest BCUT2D eigenvalue weighted by molar-refractivity contribution is 5.81. The SMILES string of the molecule is Cn1c(C2CCCN2C(=O)C2CCCN(CC(N)=O)C2)nc2ccccc21. The van der Waals surface area contributed by atoms with Gasteiger partial charge in [-0.25, -0.2) is 4.98 Å². The zero-order chi connectivity index (χ0) is 19.0. The molecule has 2 fully saturated rings. The summed E-state index contributed by atoms with van der Waals surface area (Å²) in [6.07, 6.45) is 3.74. The molecular formula is C20H27N5O2. The Bertz CT molecular complexity index is 861. The zero-order valence-electron chi connectivity index (χ0n) is 15.8. The highest BCUT2D eigenvalue weighted by Crippen LogP contribution is 2.35. The van der Waals surface area contributed by atoms with Crippen molar-refractivity contribution in [2.75, 3.05) is 26.2 Å². The van der Waals surface area contributed by atoms with E-state index in [0.717, 1.165) is 55.6 Å². The number of primary amides is 1.